The molecule has 0 aliphatic rings. The second-order valence-corrected chi connectivity index (χ2v) is 5.35. The number of nitrogens with zero attached hydrogens (tertiary/aromatic N) is 4. The molecule has 1 heterocycles. The zero-order chi connectivity index (χ0) is 17.1. The number of aryl methyl sites for hydroxylation is 1. The van der Waals surface area contributed by atoms with Gasteiger partial charge in [0.2, 0.25) is 0 Å². The van der Waals surface area contributed by atoms with Crippen LogP contribution in [0.25, 0.3) is 0 Å². The number of nitro benzene ring substituents is 2. The molecule has 0 saturated carbocycles. The lowest BCUT2D eigenvalue weighted by atomic mass is 10.1. The maximum absolute atomic E-state index is 12.1. The van der Waals surface area contributed by atoms with Crippen LogP contribution in [0.5, 0.6) is 0 Å². The first-order chi connectivity index (χ1) is 10.8. The van der Waals surface area contributed by atoms with Gasteiger partial charge in [0.25, 0.3) is 17.3 Å². The summed E-state index contributed by atoms with van der Waals surface area (Å²) in [5, 5.41) is 28.2. The highest BCUT2D eigenvalue weighted by Gasteiger charge is 2.20. The Kier molecular flexibility index (Phi) is 4.69. The van der Waals surface area contributed by atoms with Crippen molar-refractivity contribution in [3.05, 3.63) is 60.4 Å². The molecule has 0 unspecified atom stereocenters. The van der Waals surface area contributed by atoms with Crippen LogP contribution in [0.4, 0.5) is 11.4 Å². The van der Waals surface area contributed by atoms with Crippen molar-refractivity contribution >= 4 is 33.2 Å². The summed E-state index contributed by atoms with van der Waals surface area (Å²) in [6.45, 7) is 0.104. The fourth-order valence-electron chi connectivity index (χ4n) is 1.84. The predicted molar refractivity (Wildman–Crippen MR) is 81.8 cm³/mol. The number of benzene rings is 1. The molecule has 0 spiro atoms. The van der Waals surface area contributed by atoms with E-state index in [2.05, 4.69) is 26.3 Å². The van der Waals surface area contributed by atoms with Crippen molar-refractivity contribution in [1.29, 1.82) is 0 Å². The minimum atomic E-state index is -0.790. The van der Waals surface area contributed by atoms with Crippen LogP contribution in [0.3, 0.4) is 0 Å². The normalized spacial score (nSPS) is 10.3. The van der Waals surface area contributed by atoms with E-state index in [0.717, 1.165) is 18.2 Å². The molecule has 0 saturated heterocycles. The lowest BCUT2D eigenvalue weighted by Crippen LogP contribution is -2.24. The van der Waals surface area contributed by atoms with Gasteiger partial charge < -0.3 is 5.32 Å². The van der Waals surface area contributed by atoms with Gasteiger partial charge in [-0.3, -0.25) is 29.7 Å². The number of carbonyl (C=O) groups excluding carboxylic acids is 1. The lowest BCUT2D eigenvalue weighted by Gasteiger charge is -2.06. The predicted octanol–water partition coefficient (Wildman–Crippen LogP) is 1.93. The molecule has 1 N–H and O–H groups in total. The number of amides is 1. The van der Waals surface area contributed by atoms with Crippen LogP contribution in [0.1, 0.15) is 16.1 Å². The van der Waals surface area contributed by atoms with Crippen molar-refractivity contribution in [3.63, 3.8) is 0 Å². The standard InChI is InChI=1S/C12H10BrN5O5/c1-16-11(10(13)5-15-16)6-14-12(19)7-2-8(17(20)21)4-9(3-7)18(22)23/h2-5H,6H2,1H3,(H,14,19). The third kappa shape index (κ3) is 3.69. The number of hydrogen-bond donors (Lipinski definition) is 1. The maximum Gasteiger partial charge on any atom is 0.277 e. The minimum Gasteiger partial charge on any atom is -0.346 e. The van der Waals surface area contributed by atoms with E-state index in [1.54, 1.807) is 17.9 Å². The molecule has 0 atom stereocenters. The second kappa shape index (κ2) is 6.52. The van der Waals surface area contributed by atoms with Gasteiger partial charge in [-0.2, -0.15) is 5.10 Å². The first-order valence-electron chi connectivity index (χ1n) is 6.18. The number of carbonyl (C=O) groups is 1. The van der Waals surface area contributed by atoms with Gasteiger partial charge in [0.1, 0.15) is 0 Å². The molecule has 2 aromatic rings. The van der Waals surface area contributed by atoms with Crippen LogP contribution in [0.2, 0.25) is 0 Å². The molecule has 2 rings (SSSR count). The summed E-state index contributed by atoms with van der Waals surface area (Å²) in [5.41, 5.74) is -0.528. The van der Waals surface area contributed by atoms with Gasteiger partial charge in [-0.1, -0.05) is 0 Å². The van der Waals surface area contributed by atoms with E-state index < -0.39 is 27.1 Å². The Bertz CT molecular complexity index is 751. The summed E-state index contributed by atoms with van der Waals surface area (Å²) >= 11 is 3.27. The van der Waals surface area contributed by atoms with E-state index in [-0.39, 0.29) is 12.1 Å². The van der Waals surface area contributed by atoms with Crippen LogP contribution >= 0.6 is 15.9 Å². The molecular weight excluding hydrogens is 374 g/mol. The Balaban J connectivity index is 2.25. The minimum absolute atomic E-state index is 0.104. The summed E-state index contributed by atoms with van der Waals surface area (Å²) in [6, 6.07) is 2.77. The monoisotopic (exact) mass is 383 g/mol. The third-order valence-corrected chi connectivity index (χ3v) is 3.68. The zero-order valence-corrected chi connectivity index (χ0v) is 13.3. The van der Waals surface area contributed by atoms with Crippen LogP contribution < -0.4 is 5.32 Å². The van der Waals surface area contributed by atoms with Crippen molar-refractivity contribution < 1.29 is 14.6 Å². The Morgan fingerprint density at radius 3 is 2.26 bits per heavy atom. The van der Waals surface area contributed by atoms with Gasteiger partial charge >= 0.3 is 0 Å². The van der Waals surface area contributed by atoms with E-state index in [1.807, 2.05) is 0 Å². The number of rotatable bonds is 5. The Labute approximate surface area is 137 Å². The molecule has 10 nitrogen and oxygen atoms in total. The Morgan fingerprint density at radius 2 is 1.83 bits per heavy atom. The Morgan fingerprint density at radius 1 is 1.26 bits per heavy atom. The fourth-order valence-corrected chi connectivity index (χ4v) is 2.33. The van der Waals surface area contributed by atoms with Crippen molar-refractivity contribution in [2.24, 2.45) is 7.05 Å². The van der Waals surface area contributed by atoms with Crippen LogP contribution in [0, 0.1) is 20.2 Å². The first-order valence-corrected chi connectivity index (χ1v) is 6.97. The molecule has 120 valence electrons. The molecule has 0 fully saturated rings. The van der Waals surface area contributed by atoms with Crippen LogP contribution in [-0.2, 0) is 13.6 Å². The van der Waals surface area contributed by atoms with E-state index in [1.165, 1.54) is 0 Å². The number of nitrogens with one attached hydrogen (secondary N) is 1. The number of aromatic nitrogens is 2. The van der Waals surface area contributed by atoms with Crippen molar-refractivity contribution in [1.82, 2.24) is 15.1 Å². The molecule has 0 aliphatic carbocycles. The van der Waals surface area contributed by atoms with Crippen molar-refractivity contribution in [3.8, 4) is 0 Å². The maximum atomic E-state index is 12.1. The van der Waals surface area contributed by atoms with E-state index in [0.29, 0.717) is 10.2 Å². The molecule has 0 aliphatic heterocycles. The molecule has 0 radical (unpaired) electrons. The fraction of sp³-hybridized carbons (Fsp3) is 0.167. The smallest absolute Gasteiger partial charge is 0.277 e. The molecule has 11 heteroatoms. The molecule has 1 aromatic carbocycles. The molecule has 23 heavy (non-hydrogen) atoms. The largest absolute Gasteiger partial charge is 0.346 e. The third-order valence-electron chi connectivity index (χ3n) is 3.01. The number of nitro groups is 2. The molecule has 0 bridgehead atoms. The molecule has 1 amide bonds. The highest BCUT2D eigenvalue weighted by atomic mass is 79.9. The zero-order valence-electron chi connectivity index (χ0n) is 11.7. The van der Waals surface area contributed by atoms with Gasteiger partial charge in [0.05, 0.1) is 44.4 Å². The first kappa shape index (κ1) is 16.5. The topological polar surface area (TPSA) is 133 Å². The van der Waals surface area contributed by atoms with Crippen molar-refractivity contribution in [2.45, 2.75) is 6.54 Å². The van der Waals surface area contributed by atoms with E-state index in [9.17, 15) is 25.0 Å². The quantitative estimate of drug-likeness (QED) is 0.619. The van der Waals surface area contributed by atoms with Crippen LogP contribution in [-0.4, -0.2) is 25.5 Å². The summed E-state index contributed by atoms with van der Waals surface area (Å²) in [4.78, 5) is 32.2. The summed E-state index contributed by atoms with van der Waals surface area (Å²) in [7, 11) is 1.68. The molecular formula is C12H10BrN5O5. The van der Waals surface area contributed by atoms with Gasteiger partial charge in [-0.05, 0) is 15.9 Å². The van der Waals surface area contributed by atoms with Crippen LogP contribution in [0.15, 0.2) is 28.9 Å². The SMILES string of the molecule is Cn1ncc(Br)c1CNC(=O)c1cc([N+](=O)[O-])cc([N+](=O)[O-])c1. The van der Waals surface area contributed by atoms with Gasteiger partial charge in [-0.15, -0.1) is 0 Å². The number of hydrogen-bond acceptors (Lipinski definition) is 6. The van der Waals surface area contributed by atoms with E-state index in [4.69, 9.17) is 0 Å². The highest BCUT2D eigenvalue weighted by Crippen LogP contribution is 2.23. The second-order valence-electron chi connectivity index (χ2n) is 4.50. The summed E-state index contributed by atoms with van der Waals surface area (Å²) in [6.07, 6.45) is 1.56. The number of non-ortho nitro benzene ring substituents is 2. The van der Waals surface area contributed by atoms with Gasteiger partial charge in [0, 0.05) is 19.2 Å². The average Bonchev–Trinajstić information content (AvgIpc) is 2.83. The van der Waals surface area contributed by atoms with Gasteiger partial charge in [-0.25, -0.2) is 0 Å². The molecule has 1 aromatic heterocycles. The van der Waals surface area contributed by atoms with E-state index >= 15 is 0 Å². The summed E-state index contributed by atoms with van der Waals surface area (Å²) < 4.78 is 2.23. The van der Waals surface area contributed by atoms with Crippen molar-refractivity contribution in [2.75, 3.05) is 0 Å². The lowest BCUT2D eigenvalue weighted by molar-refractivity contribution is -0.394. The Hall–Kier alpha value is -2.82. The summed E-state index contributed by atoms with van der Waals surface area (Å²) in [5.74, 6) is -0.662. The van der Waals surface area contributed by atoms with Gasteiger partial charge in [0.15, 0.2) is 0 Å². The number of halogens is 1. The average molecular weight is 384 g/mol. The highest BCUT2D eigenvalue weighted by molar-refractivity contribution is 9.10.